The van der Waals surface area contributed by atoms with E-state index in [1.807, 2.05) is 0 Å². The Morgan fingerprint density at radius 2 is 1.74 bits per heavy atom. The second-order valence-corrected chi connectivity index (χ2v) is 12.6. The molecule has 0 spiro atoms. The normalized spacial score (nSPS) is 17.6. The number of alkyl halides is 2. The number of hydrogen-bond donors (Lipinski definition) is 1. The summed E-state index contributed by atoms with van der Waals surface area (Å²) in [5.74, 6) is -1.08. The Morgan fingerprint density at radius 3 is 2.37 bits per heavy atom. The lowest BCUT2D eigenvalue weighted by Crippen LogP contribution is -2.35. The number of carbonyl (C=O) groups is 1. The number of ether oxygens (including phenoxy) is 2. The minimum Gasteiger partial charge on any atom is -0.395 e. The van der Waals surface area contributed by atoms with Crippen LogP contribution in [0.2, 0.25) is 0 Å². The van der Waals surface area contributed by atoms with E-state index < -0.39 is 17.5 Å². The first kappa shape index (κ1) is 26.4. The number of amides is 1. The van der Waals surface area contributed by atoms with Crippen molar-refractivity contribution >= 4 is 22.5 Å². The van der Waals surface area contributed by atoms with Crippen LogP contribution in [0.4, 0.5) is 18.9 Å². The maximum absolute atomic E-state index is 15.4. The molecule has 0 saturated heterocycles. The average Bonchev–Trinajstić information content (AvgIpc) is 3.43. The van der Waals surface area contributed by atoms with Crippen LogP contribution in [0.25, 0.3) is 10.9 Å². The summed E-state index contributed by atoms with van der Waals surface area (Å²) in [6, 6.07) is 9.62. The van der Waals surface area contributed by atoms with E-state index in [1.54, 1.807) is 12.1 Å². The number of halogens is 3. The van der Waals surface area contributed by atoms with Crippen LogP contribution in [0, 0.1) is 5.82 Å². The molecule has 5 rings (SSSR count). The summed E-state index contributed by atoms with van der Waals surface area (Å²) in [6.45, 7) is 8.15. The third-order valence-electron chi connectivity index (χ3n) is 7.36. The number of quaternary nitrogens is 1. The van der Waals surface area contributed by atoms with Gasteiger partial charge in [0.15, 0.2) is 11.5 Å². The van der Waals surface area contributed by atoms with Gasteiger partial charge < -0.3 is 23.8 Å². The van der Waals surface area contributed by atoms with Crippen molar-refractivity contribution in [3.63, 3.8) is 0 Å². The third kappa shape index (κ3) is 4.96. The second kappa shape index (κ2) is 8.66. The molecule has 3 aromatic rings. The summed E-state index contributed by atoms with van der Waals surface area (Å²) >= 11 is 0. The van der Waals surface area contributed by atoms with E-state index in [4.69, 9.17) is 0 Å². The quantitative estimate of drug-likeness (QED) is 0.372. The number of anilines is 1. The molecule has 0 radical (unpaired) electrons. The number of nitrogens with zero attached hydrogens (tertiary/aromatic N) is 2. The average molecular weight is 531 g/mol. The van der Waals surface area contributed by atoms with Gasteiger partial charge in [-0.05, 0) is 42.7 Å². The number of aryl methyl sites for hydroxylation is 1. The van der Waals surface area contributed by atoms with Gasteiger partial charge in [0.1, 0.15) is 5.82 Å². The minimum atomic E-state index is -3.73. The number of rotatable bonds is 7. The third-order valence-corrected chi connectivity index (χ3v) is 7.36. The van der Waals surface area contributed by atoms with Crippen LogP contribution in [0.15, 0.2) is 36.4 Å². The zero-order valence-corrected chi connectivity index (χ0v) is 22.8. The van der Waals surface area contributed by atoms with Crippen LogP contribution in [-0.4, -0.2) is 48.9 Å². The highest BCUT2D eigenvalue weighted by molar-refractivity contribution is 6.02. The molecule has 204 valence electrons. The molecule has 1 N–H and O–H groups in total. The van der Waals surface area contributed by atoms with Gasteiger partial charge in [0.2, 0.25) is 5.91 Å². The summed E-state index contributed by atoms with van der Waals surface area (Å²) in [4.78, 5) is 13.4. The van der Waals surface area contributed by atoms with E-state index >= 15 is 4.39 Å². The van der Waals surface area contributed by atoms with Crippen LogP contribution in [-0.2, 0) is 22.2 Å². The Morgan fingerprint density at radius 1 is 1.05 bits per heavy atom. The predicted molar refractivity (Wildman–Crippen MR) is 140 cm³/mol. The number of nitrogens with one attached hydrogen (secondary N) is 1. The molecular weight excluding hydrogens is 495 g/mol. The number of hydrogen-bond acceptors (Lipinski definition) is 3. The fraction of sp³-hybridized carbons (Fsp3) is 0.483. The lowest BCUT2D eigenvalue weighted by atomic mass is 9.92. The van der Waals surface area contributed by atoms with Crippen molar-refractivity contribution in [2.24, 2.45) is 0 Å². The molecule has 1 aromatic heterocycles. The molecule has 2 aromatic carbocycles. The fourth-order valence-electron chi connectivity index (χ4n) is 5.21. The van der Waals surface area contributed by atoms with Gasteiger partial charge in [-0.25, -0.2) is 4.39 Å². The molecule has 1 aliphatic carbocycles. The molecule has 1 aliphatic heterocycles. The Bertz CT molecular complexity index is 1410. The van der Waals surface area contributed by atoms with Gasteiger partial charge in [-0.15, -0.1) is 8.78 Å². The van der Waals surface area contributed by atoms with E-state index in [-0.39, 0.29) is 28.5 Å². The highest BCUT2D eigenvalue weighted by Gasteiger charge is 2.53. The van der Waals surface area contributed by atoms with Crippen LogP contribution >= 0.6 is 0 Å². The number of fused-ring (bicyclic) bond motifs is 2. The van der Waals surface area contributed by atoms with Crippen molar-refractivity contribution in [1.82, 2.24) is 4.57 Å². The molecule has 9 heteroatoms. The van der Waals surface area contributed by atoms with Crippen molar-refractivity contribution in [2.75, 3.05) is 33.0 Å². The highest BCUT2D eigenvalue weighted by atomic mass is 19.3. The molecule has 2 heterocycles. The van der Waals surface area contributed by atoms with E-state index in [0.29, 0.717) is 18.4 Å². The van der Waals surface area contributed by atoms with Crippen LogP contribution in [0.3, 0.4) is 0 Å². The number of carbonyl (C=O) groups excluding carboxylic acids is 1. The predicted octanol–water partition coefficient (Wildman–Crippen LogP) is 6.17. The van der Waals surface area contributed by atoms with Crippen molar-refractivity contribution < 1.29 is 31.9 Å². The van der Waals surface area contributed by atoms with Crippen molar-refractivity contribution in [3.8, 4) is 11.5 Å². The molecule has 0 bridgehead atoms. The van der Waals surface area contributed by atoms with E-state index in [2.05, 4.69) is 67.3 Å². The summed E-state index contributed by atoms with van der Waals surface area (Å²) in [5, 5.41) is 3.63. The van der Waals surface area contributed by atoms with Crippen LogP contribution in [0.1, 0.15) is 51.3 Å². The molecule has 1 fully saturated rings. The molecule has 38 heavy (non-hydrogen) atoms. The summed E-state index contributed by atoms with van der Waals surface area (Å²) in [5.41, 5.74) is 1.46. The summed E-state index contributed by atoms with van der Waals surface area (Å²) in [6.07, 6.45) is -1.74. The molecule has 6 nitrogen and oxygen atoms in total. The zero-order valence-electron chi connectivity index (χ0n) is 22.8. The number of aromatic nitrogens is 1. The lowest BCUT2D eigenvalue weighted by molar-refractivity contribution is -0.870. The monoisotopic (exact) mass is 530 g/mol. The largest absolute Gasteiger partial charge is 0.586 e. The molecule has 0 atom stereocenters. The lowest BCUT2D eigenvalue weighted by Gasteiger charge is -2.26. The highest BCUT2D eigenvalue weighted by Crippen LogP contribution is 2.52. The number of benzene rings is 2. The van der Waals surface area contributed by atoms with E-state index in [9.17, 15) is 13.6 Å². The molecule has 0 unspecified atom stereocenters. The Kier molecular flexibility index (Phi) is 6.02. The molecular formula is C29H35F3N3O3+. The summed E-state index contributed by atoms with van der Waals surface area (Å²) < 4.78 is 54.4. The van der Waals surface area contributed by atoms with Crippen molar-refractivity contribution in [1.29, 1.82) is 0 Å². The van der Waals surface area contributed by atoms with Gasteiger partial charge >= 0.3 is 6.29 Å². The molecule has 2 aliphatic rings. The van der Waals surface area contributed by atoms with Gasteiger partial charge in [-0.1, -0.05) is 26.8 Å². The SMILES string of the molecule is CC(C)(C)c1cc2cc(NC(=O)C3(c4ccc5c(c4)OC(F)(F)O5)CC3)c(F)cc2n1CCC[N+](C)(C)C. The van der Waals surface area contributed by atoms with Gasteiger partial charge in [0.25, 0.3) is 0 Å². The van der Waals surface area contributed by atoms with Gasteiger partial charge in [-0.2, -0.15) is 0 Å². The Balaban J connectivity index is 1.42. The standard InChI is InChI=1S/C29H34F3N3O3/c1-27(2,3)25-15-18-14-21(20(30)17-22(18)34(25)12-7-13-35(4,5)6)33-26(36)28(10-11-28)19-8-9-23-24(16-19)38-29(31,32)37-23/h8-9,14-17H,7,10-13H2,1-6H3/p+1. The van der Waals surface area contributed by atoms with E-state index in [0.717, 1.165) is 40.6 Å². The van der Waals surface area contributed by atoms with Gasteiger partial charge in [0, 0.05) is 35.5 Å². The van der Waals surface area contributed by atoms with E-state index in [1.165, 1.54) is 18.2 Å². The first-order valence-corrected chi connectivity index (χ1v) is 12.9. The molecule has 1 saturated carbocycles. The Labute approximate surface area is 220 Å². The fourth-order valence-corrected chi connectivity index (χ4v) is 5.21. The van der Waals surface area contributed by atoms with Gasteiger partial charge in [-0.3, -0.25) is 4.79 Å². The van der Waals surface area contributed by atoms with Gasteiger partial charge in [0.05, 0.1) is 44.3 Å². The van der Waals surface area contributed by atoms with Crippen molar-refractivity contribution in [3.05, 3.63) is 53.5 Å². The van der Waals surface area contributed by atoms with Crippen LogP contribution in [0.5, 0.6) is 11.5 Å². The smallest absolute Gasteiger partial charge is 0.395 e. The maximum atomic E-state index is 15.4. The first-order valence-electron chi connectivity index (χ1n) is 12.9. The van der Waals surface area contributed by atoms with Crippen LogP contribution < -0.4 is 14.8 Å². The minimum absolute atomic E-state index is 0.0768. The molecule has 1 amide bonds. The zero-order chi connectivity index (χ0) is 27.7. The maximum Gasteiger partial charge on any atom is 0.586 e. The second-order valence-electron chi connectivity index (χ2n) is 12.6. The first-order chi connectivity index (χ1) is 17.6. The Hall–Kier alpha value is -3.20. The van der Waals surface area contributed by atoms with Crippen molar-refractivity contribution in [2.45, 2.75) is 63.7 Å². The summed E-state index contributed by atoms with van der Waals surface area (Å²) in [7, 11) is 6.45. The topological polar surface area (TPSA) is 52.5 Å².